The lowest BCUT2D eigenvalue weighted by Crippen LogP contribution is -1.80. The van der Waals surface area contributed by atoms with Crippen LogP contribution in [0.25, 0.3) is 11.1 Å². The molecule has 0 heterocycles. The molecule has 69 valence electrons. The summed E-state index contributed by atoms with van der Waals surface area (Å²) in [6.45, 7) is 0. The lowest BCUT2D eigenvalue weighted by atomic mass is 10.1. The summed E-state index contributed by atoms with van der Waals surface area (Å²) < 4.78 is 12.7. The minimum absolute atomic E-state index is 0.249. The van der Waals surface area contributed by atoms with Gasteiger partial charge in [-0.3, -0.25) is 0 Å². The van der Waals surface area contributed by atoms with Crippen LogP contribution in [0.4, 0.5) is 4.39 Å². The van der Waals surface area contributed by atoms with Gasteiger partial charge in [0, 0.05) is 10.6 Å². The number of hydrogen-bond acceptors (Lipinski definition) is 0. The Morgan fingerprint density at radius 3 is 2.43 bits per heavy atom. The quantitative estimate of drug-likeness (QED) is 0.662. The van der Waals surface area contributed by atoms with Crippen LogP contribution in [0.3, 0.4) is 0 Å². The van der Waals surface area contributed by atoms with Gasteiger partial charge in [0.2, 0.25) is 0 Å². The van der Waals surface area contributed by atoms with E-state index in [9.17, 15) is 4.39 Å². The van der Waals surface area contributed by atoms with Gasteiger partial charge in [-0.1, -0.05) is 35.9 Å². The summed E-state index contributed by atoms with van der Waals surface area (Å²) in [7, 11) is 0. The van der Waals surface area contributed by atoms with Crippen LogP contribution in [0.5, 0.6) is 0 Å². The van der Waals surface area contributed by atoms with Gasteiger partial charge in [-0.05, 0) is 29.8 Å². The first-order valence-electron chi connectivity index (χ1n) is 4.19. The van der Waals surface area contributed by atoms with Crippen LogP contribution in [0, 0.1) is 11.9 Å². The number of rotatable bonds is 1. The third-order valence-corrected chi connectivity index (χ3v) is 2.25. The van der Waals surface area contributed by atoms with Crippen molar-refractivity contribution in [3.8, 4) is 11.1 Å². The van der Waals surface area contributed by atoms with E-state index in [1.54, 1.807) is 24.3 Å². The van der Waals surface area contributed by atoms with Crippen LogP contribution < -0.4 is 0 Å². The average Bonchev–Trinajstić information content (AvgIpc) is 2.20. The zero-order valence-electron chi connectivity index (χ0n) is 7.30. The maximum absolute atomic E-state index is 12.7. The minimum atomic E-state index is -0.249. The summed E-state index contributed by atoms with van der Waals surface area (Å²) in [6, 6.07) is 14.6. The summed E-state index contributed by atoms with van der Waals surface area (Å²) in [4.78, 5) is 0. The SMILES string of the molecule is Fc1ccc(-c2[c]cccc2Cl)cc1. The molecule has 0 bridgehead atoms. The molecule has 1 radical (unpaired) electrons. The summed E-state index contributed by atoms with van der Waals surface area (Å²) >= 11 is 5.97. The standard InChI is InChI=1S/C12H7ClF/c13-12-4-2-1-3-11(12)9-5-7-10(14)8-6-9/h1-2,4-8H. The molecule has 0 aliphatic rings. The fourth-order valence-corrected chi connectivity index (χ4v) is 1.49. The van der Waals surface area contributed by atoms with E-state index < -0.39 is 0 Å². The molecule has 0 fully saturated rings. The Hall–Kier alpha value is -1.34. The second-order valence-electron chi connectivity index (χ2n) is 2.90. The maximum atomic E-state index is 12.7. The Balaban J connectivity index is 2.50. The molecule has 0 saturated carbocycles. The summed E-state index contributed by atoms with van der Waals surface area (Å²) in [5, 5.41) is 0.624. The third kappa shape index (κ3) is 1.78. The van der Waals surface area contributed by atoms with Crippen molar-refractivity contribution in [1.82, 2.24) is 0 Å². The molecule has 0 nitrogen and oxygen atoms in total. The van der Waals surface area contributed by atoms with E-state index in [0.717, 1.165) is 11.1 Å². The van der Waals surface area contributed by atoms with E-state index >= 15 is 0 Å². The Morgan fingerprint density at radius 1 is 1.07 bits per heavy atom. The first-order chi connectivity index (χ1) is 6.77. The smallest absolute Gasteiger partial charge is 0.123 e. The normalized spacial score (nSPS) is 10.1. The second-order valence-corrected chi connectivity index (χ2v) is 3.31. The monoisotopic (exact) mass is 205 g/mol. The van der Waals surface area contributed by atoms with Crippen molar-refractivity contribution in [3.05, 3.63) is 59.4 Å². The lowest BCUT2D eigenvalue weighted by molar-refractivity contribution is 0.628. The molecule has 0 aliphatic carbocycles. The first-order valence-corrected chi connectivity index (χ1v) is 4.57. The Kier molecular flexibility index (Phi) is 2.51. The Morgan fingerprint density at radius 2 is 1.79 bits per heavy atom. The molecule has 0 N–H and O–H groups in total. The van der Waals surface area contributed by atoms with Crippen molar-refractivity contribution >= 4 is 11.6 Å². The van der Waals surface area contributed by atoms with Gasteiger partial charge < -0.3 is 0 Å². The molecule has 0 amide bonds. The van der Waals surface area contributed by atoms with Gasteiger partial charge in [0.1, 0.15) is 5.82 Å². The molecule has 0 aromatic heterocycles. The summed E-state index contributed by atoms with van der Waals surface area (Å²) in [5.41, 5.74) is 1.67. The van der Waals surface area contributed by atoms with Gasteiger partial charge in [-0.2, -0.15) is 0 Å². The highest BCUT2D eigenvalue weighted by atomic mass is 35.5. The topological polar surface area (TPSA) is 0 Å². The second kappa shape index (κ2) is 3.81. The van der Waals surface area contributed by atoms with Crippen molar-refractivity contribution in [2.24, 2.45) is 0 Å². The molecule has 2 rings (SSSR count). The molecule has 0 saturated heterocycles. The van der Waals surface area contributed by atoms with Crippen molar-refractivity contribution < 1.29 is 4.39 Å². The predicted molar refractivity (Wildman–Crippen MR) is 55.7 cm³/mol. The molecule has 2 aromatic rings. The van der Waals surface area contributed by atoms with Crippen molar-refractivity contribution in [1.29, 1.82) is 0 Å². The fourth-order valence-electron chi connectivity index (χ4n) is 1.25. The van der Waals surface area contributed by atoms with Gasteiger partial charge >= 0.3 is 0 Å². The van der Waals surface area contributed by atoms with Crippen LogP contribution >= 0.6 is 11.6 Å². The molecule has 2 aromatic carbocycles. The molecule has 2 heteroatoms. The van der Waals surface area contributed by atoms with Crippen LogP contribution in [0.1, 0.15) is 0 Å². The molecule has 0 unspecified atom stereocenters. The zero-order chi connectivity index (χ0) is 9.97. The van der Waals surface area contributed by atoms with E-state index in [2.05, 4.69) is 6.07 Å². The highest BCUT2D eigenvalue weighted by Crippen LogP contribution is 2.26. The Bertz CT molecular complexity index is 434. The molecular weight excluding hydrogens is 199 g/mol. The van der Waals surface area contributed by atoms with Crippen LogP contribution in [0.15, 0.2) is 42.5 Å². The molecule has 0 aliphatic heterocycles. The lowest BCUT2D eigenvalue weighted by Gasteiger charge is -2.02. The van der Waals surface area contributed by atoms with Crippen LogP contribution in [0.2, 0.25) is 5.02 Å². The highest BCUT2D eigenvalue weighted by molar-refractivity contribution is 6.33. The van der Waals surface area contributed by atoms with Crippen molar-refractivity contribution in [2.45, 2.75) is 0 Å². The number of benzene rings is 2. The van der Waals surface area contributed by atoms with Gasteiger partial charge in [0.05, 0.1) is 0 Å². The minimum Gasteiger partial charge on any atom is -0.207 e. The van der Waals surface area contributed by atoms with E-state index in [0.29, 0.717) is 5.02 Å². The predicted octanol–water partition coefficient (Wildman–Crippen LogP) is 3.95. The van der Waals surface area contributed by atoms with Crippen LogP contribution in [-0.2, 0) is 0 Å². The summed E-state index contributed by atoms with van der Waals surface area (Å²) in [5.74, 6) is -0.249. The van der Waals surface area contributed by atoms with Gasteiger partial charge in [-0.15, -0.1) is 0 Å². The van der Waals surface area contributed by atoms with Crippen LogP contribution in [-0.4, -0.2) is 0 Å². The summed E-state index contributed by atoms with van der Waals surface area (Å²) in [6.07, 6.45) is 0. The average molecular weight is 206 g/mol. The number of halogens is 2. The Labute approximate surface area is 87.0 Å². The third-order valence-electron chi connectivity index (χ3n) is 1.94. The first kappa shape index (κ1) is 9.22. The van der Waals surface area contributed by atoms with Gasteiger partial charge in [0.15, 0.2) is 0 Å². The van der Waals surface area contributed by atoms with Gasteiger partial charge in [-0.25, -0.2) is 4.39 Å². The fraction of sp³-hybridized carbons (Fsp3) is 0. The van der Waals surface area contributed by atoms with Crippen molar-refractivity contribution in [2.75, 3.05) is 0 Å². The molecule has 0 spiro atoms. The molecule has 14 heavy (non-hydrogen) atoms. The van der Waals surface area contributed by atoms with E-state index in [1.807, 2.05) is 6.07 Å². The molecule has 0 atom stereocenters. The number of hydrogen-bond donors (Lipinski definition) is 0. The van der Waals surface area contributed by atoms with E-state index in [-0.39, 0.29) is 5.82 Å². The van der Waals surface area contributed by atoms with Crippen molar-refractivity contribution in [3.63, 3.8) is 0 Å². The zero-order valence-corrected chi connectivity index (χ0v) is 8.05. The molecular formula is C12H7ClF. The van der Waals surface area contributed by atoms with E-state index in [4.69, 9.17) is 11.6 Å². The largest absolute Gasteiger partial charge is 0.207 e. The van der Waals surface area contributed by atoms with E-state index in [1.165, 1.54) is 12.1 Å². The maximum Gasteiger partial charge on any atom is 0.123 e. The highest BCUT2D eigenvalue weighted by Gasteiger charge is 2.01. The van der Waals surface area contributed by atoms with Gasteiger partial charge in [0.25, 0.3) is 0 Å².